The lowest BCUT2D eigenvalue weighted by atomic mass is 9.94. The van der Waals surface area contributed by atoms with E-state index < -0.39 is 5.54 Å². The standard InChI is InChI=1S/C12H23NO2/c1-9(2)8-13-12(3,11(14)15-4)7-10-5-6-10/h9-10,13H,5-8H2,1-4H3. The first-order valence-corrected chi connectivity index (χ1v) is 5.81. The minimum atomic E-state index is -0.486. The predicted molar refractivity (Wildman–Crippen MR) is 60.6 cm³/mol. The van der Waals surface area contributed by atoms with Crippen molar-refractivity contribution < 1.29 is 9.53 Å². The second kappa shape index (κ2) is 4.97. The van der Waals surface area contributed by atoms with E-state index in [9.17, 15) is 4.79 Å². The maximum absolute atomic E-state index is 11.7. The van der Waals surface area contributed by atoms with Crippen molar-refractivity contribution in [1.82, 2.24) is 5.32 Å². The molecule has 0 aromatic heterocycles. The Labute approximate surface area is 92.6 Å². The van der Waals surface area contributed by atoms with Gasteiger partial charge in [0.25, 0.3) is 0 Å². The average molecular weight is 213 g/mol. The summed E-state index contributed by atoms with van der Waals surface area (Å²) in [5.41, 5.74) is -0.486. The molecule has 1 rings (SSSR count). The molecule has 1 atom stereocenters. The summed E-state index contributed by atoms with van der Waals surface area (Å²) in [5.74, 6) is 1.14. The summed E-state index contributed by atoms with van der Waals surface area (Å²) in [6, 6.07) is 0. The number of ether oxygens (including phenoxy) is 1. The fraction of sp³-hybridized carbons (Fsp3) is 0.917. The summed E-state index contributed by atoms with van der Waals surface area (Å²) in [5, 5.41) is 3.34. The first-order chi connectivity index (χ1) is 6.98. The molecule has 1 aliphatic rings. The van der Waals surface area contributed by atoms with Gasteiger partial charge in [-0.25, -0.2) is 0 Å². The zero-order valence-electron chi connectivity index (χ0n) is 10.3. The molecule has 1 fully saturated rings. The van der Waals surface area contributed by atoms with Crippen molar-refractivity contribution in [3.63, 3.8) is 0 Å². The molecule has 0 amide bonds. The van der Waals surface area contributed by atoms with Crippen molar-refractivity contribution in [3.8, 4) is 0 Å². The number of carbonyl (C=O) groups is 1. The molecule has 0 saturated heterocycles. The van der Waals surface area contributed by atoms with Crippen LogP contribution in [-0.2, 0) is 9.53 Å². The number of methoxy groups -OCH3 is 1. The molecule has 3 nitrogen and oxygen atoms in total. The van der Waals surface area contributed by atoms with Gasteiger partial charge in [0.15, 0.2) is 0 Å². The third kappa shape index (κ3) is 3.82. The number of carbonyl (C=O) groups excluding carboxylic acids is 1. The van der Waals surface area contributed by atoms with Crippen LogP contribution in [0.5, 0.6) is 0 Å². The lowest BCUT2D eigenvalue weighted by Gasteiger charge is -2.29. The highest BCUT2D eigenvalue weighted by Crippen LogP contribution is 2.37. The molecule has 0 heterocycles. The Balaban J connectivity index is 2.52. The van der Waals surface area contributed by atoms with Gasteiger partial charge in [-0.2, -0.15) is 0 Å². The van der Waals surface area contributed by atoms with Crippen LogP contribution in [0.1, 0.15) is 40.0 Å². The Bertz CT molecular complexity index is 224. The van der Waals surface area contributed by atoms with E-state index in [-0.39, 0.29) is 5.97 Å². The van der Waals surface area contributed by atoms with E-state index in [0.717, 1.165) is 13.0 Å². The molecule has 15 heavy (non-hydrogen) atoms. The van der Waals surface area contributed by atoms with Gasteiger partial charge in [0.2, 0.25) is 0 Å². The van der Waals surface area contributed by atoms with Crippen LogP contribution in [0.15, 0.2) is 0 Å². The van der Waals surface area contributed by atoms with Gasteiger partial charge >= 0.3 is 5.97 Å². The van der Waals surface area contributed by atoms with Crippen LogP contribution in [0, 0.1) is 11.8 Å². The zero-order chi connectivity index (χ0) is 11.5. The minimum Gasteiger partial charge on any atom is -0.468 e. The minimum absolute atomic E-state index is 0.130. The maximum atomic E-state index is 11.7. The van der Waals surface area contributed by atoms with E-state index >= 15 is 0 Å². The molecular weight excluding hydrogens is 190 g/mol. The van der Waals surface area contributed by atoms with Gasteiger partial charge in [-0.3, -0.25) is 4.79 Å². The number of hydrogen-bond donors (Lipinski definition) is 1. The number of rotatable bonds is 6. The van der Waals surface area contributed by atoms with Gasteiger partial charge in [-0.1, -0.05) is 26.7 Å². The largest absolute Gasteiger partial charge is 0.468 e. The van der Waals surface area contributed by atoms with Crippen molar-refractivity contribution in [2.75, 3.05) is 13.7 Å². The van der Waals surface area contributed by atoms with E-state index in [1.54, 1.807) is 0 Å². The highest BCUT2D eigenvalue weighted by Gasteiger charge is 2.39. The Morgan fingerprint density at radius 3 is 2.53 bits per heavy atom. The van der Waals surface area contributed by atoms with E-state index in [4.69, 9.17) is 4.74 Å². The fourth-order valence-corrected chi connectivity index (χ4v) is 1.78. The first-order valence-electron chi connectivity index (χ1n) is 5.81. The molecule has 3 heteroatoms. The number of esters is 1. The molecule has 1 unspecified atom stereocenters. The molecule has 1 saturated carbocycles. The lowest BCUT2D eigenvalue weighted by Crippen LogP contribution is -2.51. The smallest absolute Gasteiger partial charge is 0.325 e. The summed E-state index contributed by atoms with van der Waals surface area (Å²) in [6.07, 6.45) is 3.43. The second-order valence-corrected chi connectivity index (χ2v) is 5.25. The van der Waals surface area contributed by atoms with Crippen molar-refractivity contribution in [1.29, 1.82) is 0 Å². The molecule has 0 aromatic carbocycles. The van der Waals surface area contributed by atoms with Crippen LogP contribution < -0.4 is 5.32 Å². The molecular formula is C12H23NO2. The van der Waals surface area contributed by atoms with Crippen molar-refractivity contribution in [2.45, 2.75) is 45.6 Å². The molecule has 0 spiro atoms. The van der Waals surface area contributed by atoms with Gasteiger partial charge in [0.05, 0.1) is 7.11 Å². The quantitative estimate of drug-likeness (QED) is 0.685. The first kappa shape index (κ1) is 12.5. The number of nitrogens with one attached hydrogen (secondary N) is 1. The van der Waals surface area contributed by atoms with Crippen LogP contribution in [0.4, 0.5) is 0 Å². The summed E-state index contributed by atoms with van der Waals surface area (Å²) in [4.78, 5) is 11.7. The summed E-state index contributed by atoms with van der Waals surface area (Å²) in [6.45, 7) is 7.10. The summed E-state index contributed by atoms with van der Waals surface area (Å²) >= 11 is 0. The monoisotopic (exact) mass is 213 g/mol. The molecule has 0 aliphatic heterocycles. The SMILES string of the molecule is COC(=O)C(C)(CC1CC1)NCC(C)C. The van der Waals surface area contributed by atoms with Gasteiger partial charge < -0.3 is 10.1 Å². The highest BCUT2D eigenvalue weighted by atomic mass is 16.5. The van der Waals surface area contributed by atoms with Gasteiger partial charge in [0.1, 0.15) is 5.54 Å². The zero-order valence-corrected chi connectivity index (χ0v) is 10.3. The molecule has 1 N–H and O–H groups in total. The van der Waals surface area contributed by atoms with Gasteiger partial charge in [0, 0.05) is 0 Å². The third-order valence-corrected chi connectivity index (χ3v) is 2.93. The van der Waals surface area contributed by atoms with Gasteiger partial charge in [-0.15, -0.1) is 0 Å². The predicted octanol–water partition coefficient (Wildman–Crippen LogP) is 1.96. The molecule has 0 aromatic rings. The van der Waals surface area contributed by atoms with Crippen LogP contribution in [-0.4, -0.2) is 25.2 Å². The van der Waals surface area contributed by atoms with E-state index in [1.165, 1.54) is 20.0 Å². The van der Waals surface area contributed by atoms with E-state index in [2.05, 4.69) is 19.2 Å². The molecule has 0 radical (unpaired) electrons. The molecule has 0 bridgehead atoms. The van der Waals surface area contributed by atoms with E-state index in [0.29, 0.717) is 11.8 Å². The van der Waals surface area contributed by atoms with Crippen molar-refractivity contribution >= 4 is 5.97 Å². The normalized spacial score (nSPS) is 20.1. The third-order valence-electron chi connectivity index (χ3n) is 2.93. The Morgan fingerprint density at radius 1 is 1.53 bits per heavy atom. The van der Waals surface area contributed by atoms with Crippen molar-refractivity contribution in [3.05, 3.63) is 0 Å². The Hall–Kier alpha value is -0.570. The highest BCUT2D eigenvalue weighted by molar-refractivity contribution is 5.80. The van der Waals surface area contributed by atoms with Crippen molar-refractivity contribution in [2.24, 2.45) is 11.8 Å². The number of hydrogen-bond acceptors (Lipinski definition) is 3. The lowest BCUT2D eigenvalue weighted by molar-refractivity contribution is -0.148. The maximum Gasteiger partial charge on any atom is 0.325 e. The summed E-state index contributed by atoms with van der Waals surface area (Å²) in [7, 11) is 1.46. The average Bonchev–Trinajstić information content (AvgIpc) is 2.97. The Kier molecular flexibility index (Phi) is 4.14. The van der Waals surface area contributed by atoms with E-state index in [1.807, 2.05) is 6.92 Å². The van der Waals surface area contributed by atoms with Gasteiger partial charge in [-0.05, 0) is 31.7 Å². The van der Waals surface area contributed by atoms with Crippen LogP contribution in [0.3, 0.4) is 0 Å². The molecule has 1 aliphatic carbocycles. The Morgan fingerprint density at radius 2 is 2.13 bits per heavy atom. The van der Waals surface area contributed by atoms with Crippen LogP contribution >= 0.6 is 0 Å². The summed E-state index contributed by atoms with van der Waals surface area (Å²) < 4.78 is 4.87. The second-order valence-electron chi connectivity index (χ2n) is 5.25. The fourth-order valence-electron chi connectivity index (χ4n) is 1.78. The molecule has 88 valence electrons. The topological polar surface area (TPSA) is 38.3 Å². The van der Waals surface area contributed by atoms with Crippen LogP contribution in [0.25, 0.3) is 0 Å². The van der Waals surface area contributed by atoms with Crippen LogP contribution in [0.2, 0.25) is 0 Å².